The van der Waals surface area contributed by atoms with E-state index in [-0.39, 0.29) is 5.82 Å². The molecular weight excluding hydrogens is 289 g/mol. The third kappa shape index (κ3) is 2.77. The quantitative estimate of drug-likeness (QED) is 0.836. The summed E-state index contributed by atoms with van der Waals surface area (Å²) >= 11 is 4.76. The van der Waals surface area contributed by atoms with Crippen LogP contribution in [0.15, 0.2) is 56.7 Å². The van der Waals surface area contributed by atoms with Crippen LogP contribution in [0.4, 0.5) is 10.1 Å². The smallest absolute Gasteiger partial charge is 0.139 e. The normalized spacial score (nSPS) is 10.4. The second kappa shape index (κ2) is 4.89. The Labute approximate surface area is 106 Å². The van der Waals surface area contributed by atoms with Crippen molar-refractivity contribution >= 4 is 33.4 Å². The number of nitrogens with two attached hydrogens (primary N) is 1. The van der Waals surface area contributed by atoms with E-state index in [1.54, 1.807) is 12.1 Å². The average Bonchev–Trinajstić information content (AvgIpc) is 2.22. The molecule has 16 heavy (non-hydrogen) atoms. The standard InChI is InChI=1S/C12H9BrFNS/c13-8-2-1-3-10(6-8)16-12-5-4-9(15)7-11(12)14/h1-7H,15H2. The Bertz CT molecular complexity index is 516. The van der Waals surface area contributed by atoms with Gasteiger partial charge < -0.3 is 5.73 Å². The molecule has 0 saturated heterocycles. The fourth-order valence-corrected chi connectivity index (χ4v) is 2.69. The van der Waals surface area contributed by atoms with Crippen molar-refractivity contribution in [3.05, 3.63) is 52.8 Å². The molecule has 0 aliphatic carbocycles. The van der Waals surface area contributed by atoms with Crippen LogP contribution in [0.1, 0.15) is 0 Å². The van der Waals surface area contributed by atoms with Crippen LogP contribution in [0.2, 0.25) is 0 Å². The molecule has 0 bridgehead atoms. The maximum Gasteiger partial charge on any atom is 0.139 e. The summed E-state index contributed by atoms with van der Waals surface area (Å²) in [6, 6.07) is 12.5. The molecule has 0 heterocycles. The second-order valence-electron chi connectivity index (χ2n) is 3.25. The van der Waals surface area contributed by atoms with Gasteiger partial charge in [-0.05, 0) is 36.4 Å². The SMILES string of the molecule is Nc1ccc(Sc2cccc(Br)c2)c(F)c1. The Morgan fingerprint density at radius 2 is 1.94 bits per heavy atom. The van der Waals surface area contributed by atoms with Crippen LogP contribution in [-0.4, -0.2) is 0 Å². The predicted octanol–water partition coefficient (Wildman–Crippen LogP) is 4.32. The van der Waals surface area contributed by atoms with E-state index in [2.05, 4.69) is 15.9 Å². The number of hydrogen-bond donors (Lipinski definition) is 1. The number of benzene rings is 2. The summed E-state index contributed by atoms with van der Waals surface area (Å²) in [4.78, 5) is 1.56. The van der Waals surface area contributed by atoms with Crippen molar-refractivity contribution < 1.29 is 4.39 Å². The van der Waals surface area contributed by atoms with Gasteiger partial charge in [-0.1, -0.05) is 33.8 Å². The molecule has 0 unspecified atom stereocenters. The highest BCUT2D eigenvalue weighted by Crippen LogP contribution is 2.31. The number of anilines is 1. The second-order valence-corrected chi connectivity index (χ2v) is 5.28. The van der Waals surface area contributed by atoms with Gasteiger partial charge in [0.1, 0.15) is 5.82 Å². The van der Waals surface area contributed by atoms with Crippen LogP contribution in [0.3, 0.4) is 0 Å². The zero-order valence-electron chi connectivity index (χ0n) is 8.28. The van der Waals surface area contributed by atoms with E-state index in [0.29, 0.717) is 10.6 Å². The van der Waals surface area contributed by atoms with Crippen LogP contribution >= 0.6 is 27.7 Å². The molecule has 0 atom stereocenters. The topological polar surface area (TPSA) is 26.0 Å². The first-order valence-electron chi connectivity index (χ1n) is 4.63. The summed E-state index contributed by atoms with van der Waals surface area (Å²) < 4.78 is 14.5. The highest BCUT2D eigenvalue weighted by Gasteiger charge is 2.04. The van der Waals surface area contributed by atoms with Crippen LogP contribution in [0.5, 0.6) is 0 Å². The largest absolute Gasteiger partial charge is 0.399 e. The van der Waals surface area contributed by atoms with Gasteiger partial charge in [0, 0.05) is 20.0 Å². The fourth-order valence-electron chi connectivity index (χ4n) is 1.26. The lowest BCUT2D eigenvalue weighted by molar-refractivity contribution is 0.603. The average molecular weight is 298 g/mol. The van der Waals surface area contributed by atoms with Crippen LogP contribution < -0.4 is 5.73 Å². The lowest BCUT2D eigenvalue weighted by Crippen LogP contribution is -1.87. The summed E-state index contributed by atoms with van der Waals surface area (Å²) in [5.41, 5.74) is 5.93. The van der Waals surface area contributed by atoms with E-state index in [1.165, 1.54) is 17.8 Å². The summed E-state index contributed by atoms with van der Waals surface area (Å²) in [6.07, 6.45) is 0. The van der Waals surface area contributed by atoms with Gasteiger partial charge in [-0.25, -0.2) is 4.39 Å². The van der Waals surface area contributed by atoms with Gasteiger partial charge in [-0.15, -0.1) is 0 Å². The first-order chi connectivity index (χ1) is 7.65. The van der Waals surface area contributed by atoms with Crippen molar-refractivity contribution in [3.63, 3.8) is 0 Å². The molecule has 0 amide bonds. The third-order valence-electron chi connectivity index (χ3n) is 1.98. The van der Waals surface area contributed by atoms with Gasteiger partial charge in [-0.2, -0.15) is 0 Å². The Kier molecular flexibility index (Phi) is 3.51. The number of nitrogen functional groups attached to an aromatic ring is 1. The Hall–Kier alpha value is -1.00. The maximum atomic E-state index is 13.5. The molecule has 2 rings (SSSR count). The molecule has 0 aliphatic rings. The zero-order valence-corrected chi connectivity index (χ0v) is 10.7. The number of rotatable bonds is 2. The third-order valence-corrected chi connectivity index (χ3v) is 3.51. The summed E-state index contributed by atoms with van der Waals surface area (Å²) in [5.74, 6) is -0.287. The van der Waals surface area contributed by atoms with Crippen molar-refractivity contribution in [2.75, 3.05) is 5.73 Å². The maximum absolute atomic E-state index is 13.5. The molecule has 2 N–H and O–H groups in total. The molecule has 1 nitrogen and oxygen atoms in total. The highest BCUT2D eigenvalue weighted by atomic mass is 79.9. The van der Waals surface area contributed by atoms with Crippen LogP contribution in [-0.2, 0) is 0 Å². The van der Waals surface area contributed by atoms with Gasteiger partial charge >= 0.3 is 0 Å². The first-order valence-corrected chi connectivity index (χ1v) is 6.24. The van der Waals surface area contributed by atoms with E-state index < -0.39 is 0 Å². The zero-order chi connectivity index (χ0) is 11.5. The fraction of sp³-hybridized carbons (Fsp3) is 0. The van der Waals surface area contributed by atoms with Crippen molar-refractivity contribution in [1.29, 1.82) is 0 Å². The number of halogens is 2. The monoisotopic (exact) mass is 297 g/mol. The van der Waals surface area contributed by atoms with Gasteiger partial charge in [0.05, 0.1) is 0 Å². The molecule has 0 saturated carbocycles. The molecular formula is C12H9BrFNS. The van der Waals surface area contributed by atoms with E-state index in [1.807, 2.05) is 24.3 Å². The molecule has 2 aromatic rings. The Balaban J connectivity index is 2.27. The van der Waals surface area contributed by atoms with Crippen LogP contribution in [0.25, 0.3) is 0 Å². The summed E-state index contributed by atoms with van der Waals surface area (Å²) in [5, 5.41) is 0. The molecule has 0 radical (unpaired) electrons. The highest BCUT2D eigenvalue weighted by molar-refractivity contribution is 9.10. The molecule has 4 heteroatoms. The lowest BCUT2D eigenvalue weighted by Gasteiger charge is -2.04. The van der Waals surface area contributed by atoms with E-state index in [4.69, 9.17) is 5.73 Å². The minimum Gasteiger partial charge on any atom is -0.399 e. The molecule has 2 aromatic carbocycles. The van der Waals surface area contributed by atoms with Gasteiger partial charge in [0.2, 0.25) is 0 Å². The Morgan fingerprint density at radius 1 is 1.12 bits per heavy atom. The Morgan fingerprint density at radius 3 is 2.62 bits per heavy atom. The molecule has 0 aromatic heterocycles. The molecule has 0 aliphatic heterocycles. The minimum absolute atomic E-state index is 0.287. The predicted molar refractivity (Wildman–Crippen MR) is 69.1 cm³/mol. The molecule has 0 spiro atoms. The van der Waals surface area contributed by atoms with Gasteiger partial charge in [0.15, 0.2) is 0 Å². The minimum atomic E-state index is -0.287. The van der Waals surface area contributed by atoms with Gasteiger partial charge in [0.25, 0.3) is 0 Å². The van der Waals surface area contributed by atoms with Gasteiger partial charge in [-0.3, -0.25) is 0 Å². The van der Waals surface area contributed by atoms with Crippen molar-refractivity contribution in [1.82, 2.24) is 0 Å². The van der Waals surface area contributed by atoms with Crippen molar-refractivity contribution in [3.8, 4) is 0 Å². The van der Waals surface area contributed by atoms with E-state index in [0.717, 1.165) is 9.37 Å². The summed E-state index contributed by atoms with van der Waals surface area (Å²) in [7, 11) is 0. The first kappa shape index (κ1) is 11.5. The van der Waals surface area contributed by atoms with Crippen molar-refractivity contribution in [2.24, 2.45) is 0 Å². The van der Waals surface area contributed by atoms with Crippen LogP contribution in [0, 0.1) is 5.82 Å². The lowest BCUT2D eigenvalue weighted by atomic mass is 10.3. The molecule has 0 fully saturated rings. The van der Waals surface area contributed by atoms with E-state index in [9.17, 15) is 4.39 Å². The van der Waals surface area contributed by atoms with E-state index >= 15 is 0 Å². The van der Waals surface area contributed by atoms with Crippen molar-refractivity contribution in [2.45, 2.75) is 9.79 Å². The molecule has 82 valence electrons. The summed E-state index contributed by atoms with van der Waals surface area (Å²) in [6.45, 7) is 0. The number of hydrogen-bond acceptors (Lipinski definition) is 2.